The van der Waals surface area contributed by atoms with Gasteiger partial charge in [0.15, 0.2) is 9.84 Å². The third-order valence-corrected chi connectivity index (χ3v) is 5.54. The second kappa shape index (κ2) is 7.10. The van der Waals surface area contributed by atoms with Gasteiger partial charge in [-0.05, 0) is 50.6 Å². The zero-order valence-corrected chi connectivity index (χ0v) is 13.7. The molecule has 1 fully saturated rings. The highest BCUT2D eigenvalue weighted by atomic mass is 32.2. The number of benzene rings is 1. The molecule has 2 amide bonds. The van der Waals surface area contributed by atoms with Gasteiger partial charge in [0, 0.05) is 17.6 Å². The van der Waals surface area contributed by atoms with Crippen LogP contribution in [0, 0.1) is 0 Å². The Morgan fingerprint density at radius 2 is 1.96 bits per heavy atom. The maximum atomic E-state index is 12.2. The van der Waals surface area contributed by atoms with Crippen molar-refractivity contribution >= 4 is 21.7 Å². The molecule has 1 aliphatic rings. The molecule has 0 spiro atoms. The summed E-state index contributed by atoms with van der Waals surface area (Å²) < 4.78 is 23.7. The lowest BCUT2D eigenvalue weighted by Gasteiger charge is -2.30. The molecule has 4 N–H and O–H groups in total. The summed E-state index contributed by atoms with van der Waals surface area (Å²) >= 11 is 0. The summed E-state index contributed by atoms with van der Waals surface area (Å²) in [5.74, 6) is -1.90. The van der Waals surface area contributed by atoms with Crippen molar-refractivity contribution in [3.63, 3.8) is 0 Å². The van der Waals surface area contributed by atoms with E-state index in [-0.39, 0.29) is 22.9 Å². The Morgan fingerprint density at radius 1 is 1.30 bits per heavy atom. The first-order chi connectivity index (χ1) is 10.8. The van der Waals surface area contributed by atoms with Crippen molar-refractivity contribution in [1.82, 2.24) is 10.6 Å². The number of piperidine rings is 1. The molecule has 7 nitrogen and oxygen atoms in total. The standard InChI is InChI=1S/C15H21N3O4S/c1-10-13(3-2-8-17-10)18-15(20)11-4-6-12(7-5-11)23(21,22)9-14(16)19/h4-7,10,13,17H,2-3,8-9H2,1H3,(H2,16,19)(H,18,20). The molecule has 2 atom stereocenters. The lowest BCUT2D eigenvalue weighted by Crippen LogP contribution is -2.51. The van der Waals surface area contributed by atoms with E-state index < -0.39 is 21.5 Å². The summed E-state index contributed by atoms with van der Waals surface area (Å²) in [4.78, 5) is 23.0. The smallest absolute Gasteiger partial charge is 0.251 e. The average Bonchev–Trinajstić information content (AvgIpc) is 2.48. The van der Waals surface area contributed by atoms with Crippen molar-refractivity contribution in [2.24, 2.45) is 5.73 Å². The number of carbonyl (C=O) groups excluding carboxylic acids is 2. The van der Waals surface area contributed by atoms with Gasteiger partial charge in [-0.1, -0.05) is 0 Å². The number of nitrogens with two attached hydrogens (primary N) is 1. The molecular weight excluding hydrogens is 318 g/mol. The minimum absolute atomic E-state index is 0.0273. The van der Waals surface area contributed by atoms with E-state index >= 15 is 0 Å². The molecule has 1 aliphatic heterocycles. The Morgan fingerprint density at radius 3 is 2.52 bits per heavy atom. The van der Waals surface area contributed by atoms with Crippen molar-refractivity contribution in [3.8, 4) is 0 Å². The monoisotopic (exact) mass is 339 g/mol. The molecular formula is C15H21N3O4S. The molecule has 1 aromatic rings. The lowest BCUT2D eigenvalue weighted by atomic mass is 9.99. The highest BCUT2D eigenvalue weighted by molar-refractivity contribution is 7.92. The predicted molar refractivity (Wildman–Crippen MR) is 85.6 cm³/mol. The van der Waals surface area contributed by atoms with Gasteiger partial charge in [-0.3, -0.25) is 9.59 Å². The van der Waals surface area contributed by atoms with Crippen LogP contribution in [0.5, 0.6) is 0 Å². The largest absolute Gasteiger partial charge is 0.369 e. The molecule has 0 aliphatic carbocycles. The van der Waals surface area contributed by atoms with Crippen LogP contribution >= 0.6 is 0 Å². The molecule has 0 radical (unpaired) electrons. The van der Waals surface area contributed by atoms with E-state index in [1.54, 1.807) is 0 Å². The zero-order valence-electron chi connectivity index (χ0n) is 12.9. The van der Waals surface area contributed by atoms with Crippen LogP contribution in [-0.2, 0) is 14.6 Å². The van der Waals surface area contributed by atoms with Crippen LogP contribution in [0.15, 0.2) is 29.2 Å². The molecule has 1 heterocycles. The third kappa shape index (κ3) is 4.52. The van der Waals surface area contributed by atoms with Crippen LogP contribution in [0.3, 0.4) is 0 Å². The van der Waals surface area contributed by atoms with Gasteiger partial charge in [-0.15, -0.1) is 0 Å². The fourth-order valence-corrected chi connectivity index (χ4v) is 3.67. The fourth-order valence-electron chi connectivity index (χ4n) is 2.58. The summed E-state index contributed by atoms with van der Waals surface area (Å²) in [5.41, 5.74) is 5.30. The number of amides is 2. The van der Waals surface area contributed by atoms with Crippen molar-refractivity contribution in [1.29, 1.82) is 0 Å². The summed E-state index contributed by atoms with van der Waals surface area (Å²) in [7, 11) is -3.75. The SMILES string of the molecule is CC1NCCCC1NC(=O)c1ccc(S(=O)(=O)CC(N)=O)cc1. The van der Waals surface area contributed by atoms with E-state index in [9.17, 15) is 18.0 Å². The van der Waals surface area contributed by atoms with E-state index in [0.29, 0.717) is 5.56 Å². The summed E-state index contributed by atoms with van der Waals surface area (Å²) in [6.45, 7) is 2.96. The van der Waals surface area contributed by atoms with Gasteiger partial charge in [-0.25, -0.2) is 8.42 Å². The van der Waals surface area contributed by atoms with Crippen molar-refractivity contribution in [2.75, 3.05) is 12.3 Å². The predicted octanol–water partition coefficient (Wildman–Crippen LogP) is -0.184. The maximum Gasteiger partial charge on any atom is 0.251 e. The van der Waals surface area contributed by atoms with Gasteiger partial charge in [0.1, 0.15) is 5.75 Å². The van der Waals surface area contributed by atoms with E-state index in [4.69, 9.17) is 5.73 Å². The van der Waals surface area contributed by atoms with Crippen molar-refractivity contribution in [2.45, 2.75) is 36.7 Å². The average molecular weight is 339 g/mol. The Kier molecular flexibility index (Phi) is 5.38. The molecule has 1 saturated heterocycles. The minimum Gasteiger partial charge on any atom is -0.369 e. The Hall–Kier alpha value is -1.93. The van der Waals surface area contributed by atoms with Crippen LogP contribution in [0.4, 0.5) is 0 Å². The topological polar surface area (TPSA) is 118 Å². The number of hydrogen-bond donors (Lipinski definition) is 3. The number of sulfone groups is 1. The van der Waals surface area contributed by atoms with Crippen LogP contribution in [0.1, 0.15) is 30.1 Å². The Balaban J connectivity index is 2.07. The quantitative estimate of drug-likeness (QED) is 0.687. The van der Waals surface area contributed by atoms with Gasteiger partial charge >= 0.3 is 0 Å². The lowest BCUT2D eigenvalue weighted by molar-refractivity contribution is -0.115. The molecule has 126 valence electrons. The summed E-state index contributed by atoms with van der Waals surface area (Å²) in [6, 6.07) is 5.75. The van der Waals surface area contributed by atoms with E-state index in [2.05, 4.69) is 10.6 Å². The summed E-state index contributed by atoms with van der Waals surface area (Å²) in [6.07, 6.45) is 1.91. The van der Waals surface area contributed by atoms with Crippen LogP contribution in [0.25, 0.3) is 0 Å². The third-order valence-electron chi connectivity index (χ3n) is 3.89. The number of hydrogen-bond acceptors (Lipinski definition) is 5. The fraction of sp³-hybridized carbons (Fsp3) is 0.467. The molecule has 1 aromatic carbocycles. The van der Waals surface area contributed by atoms with E-state index in [0.717, 1.165) is 19.4 Å². The van der Waals surface area contributed by atoms with Crippen molar-refractivity contribution < 1.29 is 18.0 Å². The van der Waals surface area contributed by atoms with Gasteiger partial charge in [0.25, 0.3) is 5.91 Å². The van der Waals surface area contributed by atoms with Gasteiger partial charge in [-0.2, -0.15) is 0 Å². The van der Waals surface area contributed by atoms with E-state index in [1.165, 1.54) is 24.3 Å². The van der Waals surface area contributed by atoms with E-state index in [1.807, 2.05) is 6.92 Å². The van der Waals surface area contributed by atoms with Gasteiger partial charge in [0.2, 0.25) is 5.91 Å². The van der Waals surface area contributed by atoms with Crippen LogP contribution in [-0.4, -0.2) is 44.6 Å². The number of primary amides is 1. The second-order valence-electron chi connectivity index (χ2n) is 5.71. The molecule has 23 heavy (non-hydrogen) atoms. The molecule has 0 saturated carbocycles. The highest BCUT2D eigenvalue weighted by Crippen LogP contribution is 2.14. The number of carbonyl (C=O) groups is 2. The zero-order chi connectivity index (χ0) is 17.0. The second-order valence-corrected chi connectivity index (χ2v) is 7.70. The Labute approximate surface area is 135 Å². The molecule has 8 heteroatoms. The van der Waals surface area contributed by atoms with Gasteiger partial charge < -0.3 is 16.4 Å². The van der Waals surface area contributed by atoms with Crippen LogP contribution < -0.4 is 16.4 Å². The molecule has 2 unspecified atom stereocenters. The molecule has 2 rings (SSSR count). The first kappa shape index (κ1) is 17.4. The van der Waals surface area contributed by atoms with Gasteiger partial charge in [0.05, 0.1) is 4.90 Å². The Bertz CT molecular complexity index is 685. The summed E-state index contributed by atoms with van der Waals surface area (Å²) in [5, 5.41) is 6.25. The first-order valence-electron chi connectivity index (χ1n) is 7.45. The number of nitrogens with one attached hydrogen (secondary N) is 2. The van der Waals surface area contributed by atoms with Crippen LogP contribution in [0.2, 0.25) is 0 Å². The first-order valence-corrected chi connectivity index (χ1v) is 9.10. The normalized spacial score (nSPS) is 21.6. The minimum atomic E-state index is -3.75. The number of rotatable bonds is 5. The molecule has 0 aromatic heterocycles. The highest BCUT2D eigenvalue weighted by Gasteiger charge is 2.23. The molecule has 0 bridgehead atoms. The maximum absolute atomic E-state index is 12.2. The van der Waals surface area contributed by atoms with Crippen molar-refractivity contribution in [3.05, 3.63) is 29.8 Å².